The number of rotatable bonds is 0. The van der Waals surface area contributed by atoms with E-state index >= 15 is 0 Å². The number of hydrogen-bond donors (Lipinski definition) is 1. The minimum absolute atomic E-state index is 0.378. The Morgan fingerprint density at radius 1 is 1.44 bits per heavy atom. The van der Waals surface area contributed by atoms with Crippen LogP contribution in [0.1, 0.15) is 28.8 Å². The van der Waals surface area contributed by atoms with Crippen LogP contribution in [0.15, 0.2) is 18.2 Å². The lowest BCUT2D eigenvalue weighted by atomic mass is 9.86. The monoisotopic (exact) mass is 221 g/mol. The summed E-state index contributed by atoms with van der Waals surface area (Å²) in [6, 6.07) is 4.32. The summed E-state index contributed by atoms with van der Waals surface area (Å²) < 4.78 is 18.5. The van der Waals surface area contributed by atoms with Gasteiger partial charge in [0.25, 0.3) is 0 Å². The average molecular weight is 221 g/mol. The molecule has 1 saturated heterocycles. The van der Waals surface area contributed by atoms with Gasteiger partial charge in [0.1, 0.15) is 5.82 Å². The Morgan fingerprint density at radius 3 is 3.06 bits per heavy atom. The maximum Gasteiger partial charge on any atom is 0.339 e. The zero-order valence-corrected chi connectivity index (χ0v) is 8.75. The molecule has 1 spiro atoms. The fourth-order valence-electron chi connectivity index (χ4n) is 2.56. The summed E-state index contributed by atoms with van der Waals surface area (Å²) in [6.45, 7) is 1.56. The average Bonchev–Trinajstić information content (AvgIpc) is 2.53. The first kappa shape index (κ1) is 9.78. The molecule has 2 aliphatic heterocycles. The summed E-state index contributed by atoms with van der Waals surface area (Å²) in [5.41, 5.74) is 0.646. The molecule has 0 amide bonds. The summed E-state index contributed by atoms with van der Waals surface area (Å²) in [6.07, 6.45) is 1.77. The largest absolute Gasteiger partial charge is 0.449 e. The van der Waals surface area contributed by atoms with E-state index in [0.717, 1.165) is 24.9 Å². The smallest absolute Gasteiger partial charge is 0.339 e. The highest BCUT2D eigenvalue weighted by Gasteiger charge is 2.46. The third kappa shape index (κ3) is 1.26. The molecule has 3 nitrogen and oxygen atoms in total. The molecule has 0 saturated carbocycles. The maximum atomic E-state index is 13.1. The number of halogens is 1. The molecule has 0 aromatic heterocycles. The highest BCUT2D eigenvalue weighted by Crippen LogP contribution is 2.41. The third-order valence-corrected chi connectivity index (χ3v) is 3.33. The van der Waals surface area contributed by atoms with Crippen molar-refractivity contribution in [3.63, 3.8) is 0 Å². The van der Waals surface area contributed by atoms with Gasteiger partial charge in [-0.05, 0) is 31.5 Å². The van der Waals surface area contributed by atoms with Crippen LogP contribution in [-0.4, -0.2) is 19.1 Å². The lowest BCUT2D eigenvalue weighted by Gasteiger charge is -2.33. The molecule has 0 aliphatic carbocycles. The number of benzene rings is 1. The van der Waals surface area contributed by atoms with Gasteiger partial charge in [0.05, 0.1) is 5.56 Å². The Balaban J connectivity index is 2.11. The van der Waals surface area contributed by atoms with Crippen LogP contribution in [-0.2, 0) is 10.3 Å². The predicted molar refractivity (Wildman–Crippen MR) is 55.6 cm³/mol. The molecule has 1 fully saturated rings. The van der Waals surface area contributed by atoms with Crippen LogP contribution in [0.3, 0.4) is 0 Å². The fourth-order valence-corrected chi connectivity index (χ4v) is 2.56. The van der Waals surface area contributed by atoms with E-state index in [1.165, 1.54) is 12.1 Å². The highest BCUT2D eigenvalue weighted by molar-refractivity contribution is 5.94. The Bertz CT molecular complexity index is 452. The third-order valence-electron chi connectivity index (χ3n) is 3.33. The minimum Gasteiger partial charge on any atom is -0.449 e. The molecule has 1 aromatic rings. The molecule has 0 radical (unpaired) electrons. The van der Waals surface area contributed by atoms with E-state index in [0.29, 0.717) is 12.1 Å². The van der Waals surface area contributed by atoms with Crippen molar-refractivity contribution in [1.29, 1.82) is 0 Å². The molecule has 4 heteroatoms. The number of ether oxygens (including phenoxy) is 1. The van der Waals surface area contributed by atoms with Crippen molar-refractivity contribution >= 4 is 5.97 Å². The minimum atomic E-state index is -0.557. The van der Waals surface area contributed by atoms with Gasteiger partial charge in [0, 0.05) is 12.1 Å². The first-order valence-corrected chi connectivity index (χ1v) is 5.45. The maximum absolute atomic E-state index is 13.1. The van der Waals surface area contributed by atoms with E-state index in [2.05, 4.69) is 5.32 Å². The SMILES string of the molecule is O=C1OC2(CCCNC2)c2ccc(F)cc21. The molecular weight excluding hydrogens is 209 g/mol. The number of nitrogens with one attached hydrogen (secondary N) is 1. The van der Waals surface area contributed by atoms with Gasteiger partial charge in [-0.15, -0.1) is 0 Å². The standard InChI is InChI=1S/C12H12FNO2/c13-8-2-3-10-9(6-8)11(15)16-12(10)4-1-5-14-7-12/h2-3,6,14H,1,4-5,7H2. The summed E-state index contributed by atoms with van der Waals surface area (Å²) in [4.78, 5) is 11.7. The molecule has 0 bridgehead atoms. The van der Waals surface area contributed by atoms with Crippen LogP contribution >= 0.6 is 0 Å². The Labute approximate surface area is 92.6 Å². The van der Waals surface area contributed by atoms with Gasteiger partial charge in [-0.1, -0.05) is 6.07 Å². The number of carbonyl (C=O) groups is 1. The number of hydrogen-bond acceptors (Lipinski definition) is 3. The number of esters is 1. The van der Waals surface area contributed by atoms with Crippen molar-refractivity contribution in [3.05, 3.63) is 35.1 Å². The second-order valence-corrected chi connectivity index (χ2v) is 4.35. The molecule has 16 heavy (non-hydrogen) atoms. The molecule has 3 rings (SSSR count). The van der Waals surface area contributed by atoms with Crippen molar-refractivity contribution in [1.82, 2.24) is 5.32 Å². The van der Waals surface area contributed by atoms with Crippen molar-refractivity contribution in [3.8, 4) is 0 Å². The van der Waals surface area contributed by atoms with Gasteiger partial charge in [0.15, 0.2) is 5.60 Å². The first-order valence-electron chi connectivity index (χ1n) is 5.45. The normalized spacial score (nSPS) is 27.9. The van der Waals surface area contributed by atoms with E-state index in [-0.39, 0.29) is 0 Å². The number of piperidine rings is 1. The van der Waals surface area contributed by atoms with E-state index in [9.17, 15) is 9.18 Å². The van der Waals surface area contributed by atoms with Gasteiger partial charge in [-0.2, -0.15) is 0 Å². The molecule has 1 unspecified atom stereocenters. The summed E-state index contributed by atoms with van der Waals surface area (Å²) >= 11 is 0. The van der Waals surface area contributed by atoms with E-state index in [1.807, 2.05) is 0 Å². The van der Waals surface area contributed by atoms with Crippen molar-refractivity contribution in [2.75, 3.05) is 13.1 Å². The molecule has 2 heterocycles. The quantitative estimate of drug-likeness (QED) is 0.676. The van der Waals surface area contributed by atoms with Gasteiger partial charge in [0.2, 0.25) is 0 Å². The molecule has 2 aliphatic rings. The second kappa shape index (κ2) is 3.28. The Hall–Kier alpha value is -1.42. The van der Waals surface area contributed by atoms with Crippen LogP contribution in [0.25, 0.3) is 0 Å². The van der Waals surface area contributed by atoms with Crippen molar-refractivity contribution in [2.45, 2.75) is 18.4 Å². The van der Waals surface area contributed by atoms with Crippen LogP contribution < -0.4 is 5.32 Å². The van der Waals surface area contributed by atoms with E-state index in [4.69, 9.17) is 4.74 Å². The second-order valence-electron chi connectivity index (χ2n) is 4.35. The van der Waals surface area contributed by atoms with Crippen LogP contribution in [0.2, 0.25) is 0 Å². The van der Waals surface area contributed by atoms with Gasteiger partial charge < -0.3 is 10.1 Å². The van der Waals surface area contributed by atoms with E-state index < -0.39 is 17.4 Å². The highest BCUT2D eigenvalue weighted by atomic mass is 19.1. The number of fused-ring (bicyclic) bond motifs is 2. The molecule has 1 N–H and O–H groups in total. The number of carbonyl (C=O) groups excluding carboxylic acids is 1. The summed E-state index contributed by atoms with van der Waals surface area (Å²) in [5.74, 6) is -0.797. The lowest BCUT2D eigenvalue weighted by molar-refractivity contribution is -0.0203. The van der Waals surface area contributed by atoms with E-state index in [1.54, 1.807) is 6.07 Å². The van der Waals surface area contributed by atoms with Crippen molar-refractivity contribution in [2.24, 2.45) is 0 Å². The topological polar surface area (TPSA) is 38.3 Å². The van der Waals surface area contributed by atoms with Crippen LogP contribution in [0, 0.1) is 5.82 Å². The first-order chi connectivity index (χ1) is 7.71. The molecule has 1 aromatic carbocycles. The zero-order chi connectivity index (χ0) is 11.2. The van der Waals surface area contributed by atoms with Crippen LogP contribution in [0.4, 0.5) is 4.39 Å². The molecule has 1 atom stereocenters. The summed E-state index contributed by atoms with van der Waals surface area (Å²) in [7, 11) is 0. The van der Waals surface area contributed by atoms with Gasteiger partial charge in [-0.25, -0.2) is 9.18 Å². The predicted octanol–water partition coefficient (Wildman–Crippen LogP) is 1.57. The molecular formula is C12H12FNO2. The summed E-state index contributed by atoms with van der Waals surface area (Å²) in [5, 5.41) is 3.22. The Kier molecular flexibility index (Phi) is 2.01. The fraction of sp³-hybridized carbons (Fsp3) is 0.417. The molecule has 84 valence electrons. The van der Waals surface area contributed by atoms with Gasteiger partial charge in [-0.3, -0.25) is 0 Å². The zero-order valence-electron chi connectivity index (χ0n) is 8.75. The lowest BCUT2D eigenvalue weighted by Crippen LogP contribution is -2.43. The van der Waals surface area contributed by atoms with Crippen LogP contribution in [0.5, 0.6) is 0 Å². The van der Waals surface area contributed by atoms with Gasteiger partial charge >= 0.3 is 5.97 Å². The Morgan fingerprint density at radius 2 is 2.31 bits per heavy atom. The van der Waals surface area contributed by atoms with Crippen molar-refractivity contribution < 1.29 is 13.9 Å².